The first-order valence-electron chi connectivity index (χ1n) is 12.1. The Morgan fingerprint density at radius 2 is 1.94 bits per heavy atom. The minimum atomic E-state index is 0.0916. The van der Waals surface area contributed by atoms with Gasteiger partial charge in [-0.2, -0.15) is 0 Å². The Hall–Kier alpha value is -3.00. The van der Waals surface area contributed by atoms with Crippen LogP contribution in [0.15, 0.2) is 36.5 Å². The number of benzene rings is 1. The van der Waals surface area contributed by atoms with Gasteiger partial charge in [-0.25, -0.2) is 15.0 Å². The summed E-state index contributed by atoms with van der Waals surface area (Å²) in [6.07, 6.45) is 9.83. The predicted molar refractivity (Wildman–Crippen MR) is 136 cm³/mol. The molecule has 3 aromatic rings. The van der Waals surface area contributed by atoms with Gasteiger partial charge in [-0.05, 0) is 105 Å². The first-order chi connectivity index (χ1) is 16.6. The van der Waals surface area contributed by atoms with Crippen LogP contribution in [-0.4, -0.2) is 38.3 Å². The number of anilines is 1. The Labute approximate surface area is 204 Å². The van der Waals surface area contributed by atoms with Crippen LogP contribution in [0.2, 0.25) is 0 Å². The van der Waals surface area contributed by atoms with E-state index in [1.807, 2.05) is 12.1 Å². The highest BCUT2D eigenvalue weighted by Gasteiger charge is 2.46. The molecule has 34 heavy (non-hydrogen) atoms. The van der Waals surface area contributed by atoms with Crippen LogP contribution in [0.4, 0.5) is 5.82 Å². The number of nitrogens with one attached hydrogen (secondary N) is 2. The fourth-order valence-corrected chi connectivity index (χ4v) is 6.81. The van der Waals surface area contributed by atoms with Gasteiger partial charge in [-0.1, -0.05) is 0 Å². The molecule has 8 heteroatoms. The van der Waals surface area contributed by atoms with Crippen molar-refractivity contribution in [2.24, 2.45) is 23.7 Å². The predicted octanol–water partition coefficient (Wildman–Crippen LogP) is 4.91. The third-order valence-corrected chi connectivity index (χ3v) is 8.21. The molecule has 0 aliphatic heterocycles. The molecule has 1 aromatic carbocycles. The Morgan fingerprint density at radius 3 is 2.82 bits per heavy atom. The summed E-state index contributed by atoms with van der Waals surface area (Å²) in [5.74, 6) is 4.53. The molecule has 176 valence electrons. The van der Waals surface area contributed by atoms with Crippen molar-refractivity contribution in [3.63, 3.8) is 0 Å². The number of hydrogen-bond acceptors (Lipinski definition) is 6. The summed E-state index contributed by atoms with van der Waals surface area (Å²) in [4.78, 5) is 13.9. The summed E-state index contributed by atoms with van der Waals surface area (Å²) in [5.41, 5.74) is 2.78. The number of methoxy groups -OCH3 is 1. The molecule has 3 aliphatic carbocycles. The van der Waals surface area contributed by atoms with Gasteiger partial charge in [0.2, 0.25) is 0 Å². The number of aromatic nitrogens is 3. The van der Waals surface area contributed by atoms with E-state index in [0.717, 1.165) is 34.9 Å². The second kappa shape index (κ2) is 8.65. The van der Waals surface area contributed by atoms with Crippen molar-refractivity contribution in [3.05, 3.63) is 36.5 Å². The van der Waals surface area contributed by atoms with Crippen LogP contribution in [-0.2, 0) is 0 Å². The van der Waals surface area contributed by atoms with Crippen molar-refractivity contribution in [2.45, 2.75) is 44.6 Å². The second-order valence-electron chi connectivity index (χ2n) is 10.1. The lowest BCUT2D eigenvalue weighted by molar-refractivity contribution is 0.254. The Balaban J connectivity index is 1.19. The molecule has 3 aliphatic rings. The van der Waals surface area contributed by atoms with Crippen molar-refractivity contribution < 1.29 is 9.84 Å². The Morgan fingerprint density at radius 1 is 1.06 bits per heavy atom. The number of hydrogen-bond donors (Lipinski definition) is 3. The van der Waals surface area contributed by atoms with Crippen molar-refractivity contribution in [1.29, 1.82) is 0 Å². The third-order valence-electron chi connectivity index (χ3n) is 7.99. The lowest BCUT2D eigenvalue weighted by atomic mass is 9.80. The van der Waals surface area contributed by atoms with E-state index in [9.17, 15) is 5.11 Å². The summed E-state index contributed by atoms with van der Waals surface area (Å²) in [5, 5.41) is 17.3. The van der Waals surface area contributed by atoms with Crippen LogP contribution < -0.4 is 15.4 Å². The van der Waals surface area contributed by atoms with Crippen LogP contribution in [0.3, 0.4) is 0 Å². The van der Waals surface area contributed by atoms with Gasteiger partial charge in [-0.15, -0.1) is 0 Å². The molecular formula is C26H29N5O2S. The van der Waals surface area contributed by atoms with Crippen LogP contribution in [0.25, 0.3) is 22.4 Å². The van der Waals surface area contributed by atoms with Gasteiger partial charge in [0.25, 0.3) is 0 Å². The van der Waals surface area contributed by atoms with Gasteiger partial charge < -0.3 is 20.5 Å². The normalized spacial score (nSPS) is 27.4. The Bertz CT molecular complexity index is 1250. The van der Waals surface area contributed by atoms with Crippen molar-refractivity contribution in [2.75, 3.05) is 12.4 Å². The lowest BCUT2D eigenvalue weighted by Crippen LogP contribution is -2.43. The van der Waals surface area contributed by atoms with E-state index in [2.05, 4.69) is 25.6 Å². The van der Waals surface area contributed by atoms with E-state index < -0.39 is 0 Å². The average Bonchev–Trinajstić information content (AvgIpc) is 3.08. The number of pyridine rings is 1. The minimum Gasteiger partial charge on any atom is -0.504 e. The highest BCUT2D eigenvalue weighted by molar-refractivity contribution is 7.80. The standard InChI is InChI=1S/C26H29N5O2S/c1-33-23-12-16(3-7-22(23)32)19-5-6-21-25(28-19)30-24(13-27-21)31-26(34)29-20-4-2-14-8-15-10-17(9-14)18(20)11-15/h3,5-7,12-15,17-18,20,32H,2,4,8-11H2,1H3,(H2,28,29,30,31,34)/t14-,15-,17?,18+,20?/m1/s1. The molecule has 7 nitrogen and oxygen atoms in total. The number of fused-ring (bicyclic) bond motifs is 3. The molecule has 0 amide bonds. The van der Waals surface area contributed by atoms with Gasteiger partial charge >= 0.3 is 0 Å². The molecule has 0 radical (unpaired) electrons. The minimum absolute atomic E-state index is 0.0916. The van der Waals surface area contributed by atoms with E-state index >= 15 is 0 Å². The number of ether oxygens (including phenoxy) is 1. The monoisotopic (exact) mass is 475 g/mol. The SMILES string of the molecule is COc1cc(-c2ccc3ncc(NC(=S)NC4CC[C@H]5CC6C[C@@H](C5)C[C@@H]64)nc3n2)ccc1O. The first kappa shape index (κ1) is 21.5. The molecule has 2 aromatic heterocycles. The van der Waals surface area contributed by atoms with Crippen molar-refractivity contribution in [1.82, 2.24) is 20.3 Å². The topological polar surface area (TPSA) is 92.2 Å². The summed E-state index contributed by atoms with van der Waals surface area (Å²) < 4.78 is 5.22. The summed E-state index contributed by atoms with van der Waals surface area (Å²) in [6.45, 7) is 0. The van der Waals surface area contributed by atoms with E-state index in [1.54, 1.807) is 24.4 Å². The maximum absolute atomic E-state index is 9.88. The van der Waals surface area contributed by atoms with Gasteiger partial charge in [0.05, 0.1) is 19.0 Å². The van der Waals surface area contributed by atoms with E-state index in [0.29, 0.717) is 33.9 Å². The van der Waals surface area contributed by atoms with Gasteiger partial charge in [-0.3, -0.25) is 0 Å². The zero-order valence-corrected chi connectivity index (χ0v) is 20.0. The van der Waals surface area contributed by atoms with Gasteiger partial charge in [0.1, 0.15) is 5.52 Å². The van der Waals surface area contributed by atoms with Crippen LogP contribution in [0.1, 0.15) is 38.5 Å². The van der Waals surface area contributed by atoms with Gasteiger partial charge in [0, 0.05) is 11.6 Å². The number of thiocarbonyl (C=S) groups is 1. The van der Waals surface area contributed by atoms with E-state index in [-0.39, 0.29) is 5.75 Å². The maximum Gasteiger partial charge on any atom is 0.180 e. The number of aromatic hydroxyl groups is 1. The summed E-state index contributed by atoms with van der Waals surface area (Å²) in [7, 11) is 1.53. The van der Waals surface area contributed by atoms with Crippen molar-refractivity contribution in [3.8, 4) is 22.8 Å². The number of phenolic OH excluding ortho intramolecular Hbond substituents is 1. The highest BCUT2D eigenvalue weighted by atomic mass is 32.1. The maximum atomic E-state index is 9.88. The third kappa shape index (κ3) is 4.04. The molecule has 3 saturated carbocycles. The van der Waals surface area contributed by atoms with Crippen molar-refractivity contribution >= 4 is 34.3 Å². The number of nitrogens with zero attached hydrogens (tertiary/aromatic N) is 3. The van der Waals surface area contributed by atoms with E-state index in [1.165, 1.54) is 45.6 Å². The number of phenols is 1. The molecule has 2 unspecified atom stereocenters. The quantitative estimate of drug-likeness (QED) is 0.459. The average molecular weight is 476 g/mol. The van der Waals surface area contributed by atoms with Crippen LogP contribution >= 0.6 is 12.2 Å². The largest absolute Gasteiger partial charge is 0.504 e. The second-order valence-corrected chi connectivity index (χ2v) is 10.5. The molecular weight excluding hydrogens is 446 g/mol. The molecule has 2 heterocycles. The summed E-state index contributed by atoms with van der Waals surface area (Å²) in [6, 6.07) is 9.37. The zero-order valence-electron chi connectivity index (χ0n) is 19.2. The van der Waals surface area contributed by atoms with Crippen LogP contribution in [0.5, 0.6) is 11.5 Å². The molecule has 3 fully saturated rings. The fourth-order valence-electron chi connectivity index (χ4n) is 6.55. The van der Waals surface area contributed by atoms with Crippen LogP contribution in [0, 0.1) is 23.7 Å². The van der Waals surface area contributed by atoms with E-state index in [4.69, 9.17) is 17.0 Å². The lowest BCUT2D eigenvalue weighted by Gasteiger charge is -2.28. The zero-order chi connectivity index (χ0) is 23.2. The van der Waals surface area contributed by atoms with Gasteiger partial charge in [0.15, 0.2) is 28.1 Å². The molecule has 0 spiro atoms. The first-order valence-corrected chi connectivity index (χ1v) is 12.5. The smallest absolute Gasteiger partial charge is 0.180 e. The molecule has 3 bridgehead atoms. The molecule has 3 N–H and O–H groups in total. The highest BCUT2D eigenvalue weighted by Crippen LogP contribution is 2.53. The Kier molecular flexibility index (Phi) is 5.48. The molecule has 5 atom stereocenters. The fraction of sp³-hybridized carbons (Fsp3) is 0.462. The molecule has 0 saturated heterocycles. The number of rotatable bonds is 4. The summed E-state index contributed by atoms with van der Waals surface area (Å²) >= 11 is 5.68. The molecule has 6 rings (SSSR count).